The van der Waals surface area contributed by atoms with Gasteiger partial charge in [-0.05, 0) is 44.0 Å². The number of hydrogen-bond donors (Lipinski definition) is 2. The predicted molar refractivity (Wildman–Crippen MR) is 138 cm³/mol. The number of esters is 1. The van der Waals surface area contributed by atoms with E-state index in [0.717, 1.165) is 12.1 Å². The highest BCUT2D eigenvalue weighted by molar-refractivity contribution is 6.14. The average molecular weight is 491 g/mol. The Morgan fingerprint density at radius 3 is 2.61 bits per heavy atom. The van der Waals surface area contributed by atoms with Crippen molar-refractivity contribution in [3.8, 4) is 0 Å². The Morgan fingerprint density at radius 2 is 1.94 bits per heavy atom. The SMILES string of the molecule is COCCn1c(C(=O)OC)c(NC(=O)c2ccco2)c2cc(NC(C)Cc3ccc(C)cc3)cnc21. The molecule has 9 nitrogen and oxygen atoms in total. The number of ether oxygens (including phenoxy) is 2. The van der Waals surface area contributed by atoms with Gasteiger partial charge in [0.1, 0.15) is 5.65 Å². The molecule has 36 heavy (non-hydrogen) atoms. The summed E-state index contributed by atoms with van der Waals surface area (Å²) in [6.07, 6.45) is 3.95. The molecule has 0 fully saturated rings. The van der Waals surface area contributed by atoms with Crippen molar-refractivity contribution >= 4 is 34.3 Å². The molecular formula is C27H30N4O5. The normalized spacial score (nSPS) is 11.9. The van der Waals surface area contributed by atoms with Crippen LogP contribution in [-0.4, -0.2) is 48.3 Å². The lowest BCUT2D eigenvalue weighted by atomic mass is 10.1. The molecule has 1 atom stereocenters. The molecule has 0 radical (unpaired) electrons. The zero-order valence-electron chi connectivity index (χ0n) is 20.8. The summed E-state index contributed by atoms with van der Waals surface area (Å²) in [4.78, 5) is 30.3. The van der Waals surface area contributed by atoms with Gasteiger partial charge in [0, 0.05) is 25.1 Å². The Morgan fingerprint density at radius 1 is 1.17 bits per heavy atom. The van der Waals surface area contributed by atoms with Gasteiger partial charge in [-0.2, -0.15) is 0 Å². The first-order valence-corrected chi connectivity index (χ1v) is 11.7. The van der Waals surface area contributed by atoms with E-state index in [4.69, 9.17) is 13.9 Å². The fraction of sp³-hybridized carbons (Fsp3) is 0.296. The molecule has 0 aliphatic heterocycles. The molecular weight excluding hydrogens is 460 g/mol. The Bertz CT molecular complexity index is 1340. The first kappa shape index (κ1) is 25.0. The highest BCUT2D eigenvalue weighted by atomic mass is 16.5. The minimum absolute atomic E-state index is 0.115. The van der Waals surface area contributed by atoms with Gasteiger partial charge in [0.25, 0.3) is 5.91 Å². The zero-order valence-corrected chi connectivity index (χ0v) is 20.8. The quantitative estimate of drug-likeness (QED) is 0.311. The van der Waals surface area contributed by atoms with Crippen LogP contribution in [0, 0.1) is 6.92 Å². The third-order valence-corrected chi connectivity index (χ3v) is 5.86. The molecule has 0 bridgehead atoms. The fourth-order valence-electron chi connectivity index (χ4n) is 4.14. The van der Waals surface area contributed by atoms with Gasteiger partial charge in [0.15, 0.2) is 11.5 Å². The summed E-state index contributed by atoms with van der Waals surface area (Å²) in [7, 11) is 2.87. The molecule has 0 saturated carbocycles. The molecule has 188 valence electrons. The minimum Gasteiger partial charge on any atom is -0.464 e. The number of rotatable bonds is 10. The van der Waals surface area contributed by atoms with E-state index in [9.17, 15) is 9.59 Å². The van der Waals surface area contributed by atoms with E-state index in [2.05, 4.69) is 53.7 Å². The standard InChI is InChI=1S/C27H30N4O5/c1-17-7-9-19(10-8-17)14-18(2)29-20-15-21-23(30-26(32)22-6-5-12-36-22)24(27(33)35-4)31(11-13-34-3)25(21)28-16-20/h5-10,12,15-16,18,29H,11,13-14H2,1-4H3,(H,30,32). The molecule has 4 aromatic rings. The van der Waals surface area contributed by atoms with Gasteiger partial charge in [-0.3, -0.25) is 4.79 Å². The molecule has 3 aromatic heterocycles. The summed E-state index contributed by atoms with van der Waals surface area (Å²) in [6.45, 7) is 4.84. The molecule has 0 saturated heterocycles. The number of pyridine rings is 1. The molecule has 1 aromatic carbocycles. The topological polar surface area (TPSA) is 108 Å². The van der Waals surface area contributed by atoms with E-state index in [0.29, 0.717) is 29.9 Å². The number of methoxy groups -OCH3 is 2. The van der Waals surface area contributed by atoms with Crippen molar-refractivity contribution in [2.24, 2.45) is 0 Å². The van der Waals surface area contributed by atoms with Crippen molar-refractivity contribution in [2.75, 3.05) is 31.5 Å². The number of fused-ring (bicyclic) bond motifs is 1. The summed E-state index contributed by atoms with van der Waals surface area (Å²) >= 11 is 0. The second-order valence-corrected chi connectivity index (χ2v) is 8.62. The first-order chi connectivity index (χ1) is 17.4. The van der Waals surface area contributed by atoms with Crippen molar-refractivity contribution in [3.63, 3.8) is 0 Å². The average Bonchev–Trinajstić information content (AvgIpc) is 3.51. The first-order valence-electron chi connectivity index (χ1n) is 11.7. The monoisotopic (exact) mass is 490 g/mol. The third kappa shape index (κ3) is 5.41. The van der Waals surface area contributed by atoms with Crippen LogP contribution >= 0.6 is 0 Å². The zero-order chi connectivity index (χ0) is 25.7. The number of anilines is 2. The lowest BCUT2D eigenvalue weighted by Gasteiger charge is -2.15. The summed E-state index contributed by atoms with van der Waals surface area (Å²) in [5.74, 6) is -0.958. The highest BCUT2D eigenvalue weighted by Crippen LogP contribution is 2.33. The number of amides is 1. The summed E-state index contributed by atoms with van der Waals surface area (Å²) in [5, 5.41) is 6.90. The maximum absolute atomic E-state index is 12.9. The van der Waals surface area contributed by atoms with Crippen molar-refractivity contribution in [2.45, 2.75) is 32.9 Å². The number of hydrogen-bond acceptors (Lipinski definition) is 7. The van der Waals surface area contributed by atoms with E-state index in [-0.39, 0.29) is 17.5 Å². The third-order valence-electron chi connectivity index (χ3n) is 5.86. The van der Waals surface area contributed by atoms with E-state index in [1.165, 1.54) is 24.5 Å². The molecule has 0 aliphatic rings. The van der Waals surface area contributed by atoms with Crippen LogP contribution in [0.3, 0.4) is 0 Å². The lowest BCUT2D eigenvalue weighted by Crippen LogP contribution is -2.18. The Balaban J connectivity index is 1.72. The smallest absolute Gasteiger partial charge is 0.356 e. The molecule has 1 unspecified atom stereocenters. The van der Waals surface area contributed by atoms with Gasteiger partial charge in [0.05, 0.1) is 37.6 Å². The van der Waals surface area contributed by atoms with E-state index in [1.54, 1.807) is 30.0 Å². The number of aromatic nitrogens is 2. The lowest BCUT2D eigenvalue weighted by molar-refractivity contribution is 0.0588. The van der Waals surface area contributed by atoms with Gasteiger partial charge in [-0.25, -0.2) is 9.78 Å². The van der Waals surface area contributed by atoms with Gasteiger partial charge < -0.3 is 29.1 Å². The molecule has 0 aliphatic carbocycles. The van der Waals surface area contributed by atoms with Crippen LogP contribution < -0.4 is 10.6 Å². The number of carbonyl (C=O) groups excluding carboxylic acids is 2. The summed E-state index contributed by atoms with van der Waals surface area (Å²) in [6, 6.07) is 13.6. The Labute approximate surface area is 209 Å². The van der Waals surface area contributed by atoms with Crippen molar-refractivity contribution in [3.05, 3.63) is 77.5 Å². The Hall–Kier alpha value is -4.11. The van der Waals surface area contributed by atoms with Crippen LogP contribution in [0.4, 0.5) is 11.4 Å². The maximum Gasteiger partial charge on any atom is 0.356 e. The summed E-state index contributed by atoms with van der Waals surface area (Å²) in [5.41, 5.74) is 4.21. The van der Waals surface area contributed by atoms with E-state index < -0.39 is 11.9 Å². The molecule has 9 heteroatoms. The minimum atomic E-state index is -0.596. The van der Waals surface area contributed by atoms with Crippen molar-refractivity contribution in [1.82, 2.24) is 9.55 Å². The van der Waals surface area contributed by atoms with Crippen molar-refractivity contribution in [1.29, 1.82) is 0 Å². The largest absolute Gasteiger partial charge is 0.464 e. The predicted octanol–water partition coefficient (Wildman–Crippen LogP) is 4.67. The molecule has 2 N–H and O–H groups in total. The number of aryl methyl sites for hydroxylation is 1. The number of carbonyl (C=O) groups is 2. The molecule has 4 rings (SSSR count). The van der Waals surface area contributed by atoms with Gasteiger partial charge in [-0.15, -0.1) is 0 Å². The number of nitrogens with zero attached hydrogens (tertiary/aromatic N) is 2. The Kier molecular flexibility index (Phi) is 7.70. The number of furan rings is 1. The van der Waals surface area contributed by atoms with Gasteiger partial charge in [0.2, 0.25) is 0 Å². The van der Waals surface area contributed by atoms with Gasteiger partial charge >= 0.3 is 5.97 Å². The van der Waals surface area contributed by atoms with Crippen LogP contribution in [0.1, 0.15) is 39.1 Å². The molecule has 0 spiro atoms. The second kappa shape index (κ2) is 11.1. The van der Waals surface area contributed by atoms with E-state index in [1.807, 2.05) is 6.07 Å². The van der Waals surface area contributed by atoms with E-state index >= 15 is 0 Å². The van der Waals surface area contributed by atoms with Gasteiger partial charge in [-0.1, -0.05) is 29.8 Å². The highest BCUT2D eigenvalue weighted by Gasteiger charge is 2.27. The number of nitrogens with one attached hydrogen (secondary N) is 2. The van der Waals surface area contributed by atoms with Crippen LogP contribution in [0.25, 0.3) is 11.0 Å². The number of benzene rings is 1. The van der Waals surface area contributed by atoms with Crippen LogP contribution in [0.15, 0.2) is 59.3 Å². The summed E-state index contributed by atoms with van der Waals surface area (Å²) < 4.78 is 17.2. The van der Waals surface area contributed by atoms with Crippen molar-refractivity contribution < 1.29 is 23.5 Å². The molecule has 3 heterocycles. The van der Waals surface area contributed by atoms with Crippen LogP contribution in [0.5, 0.6) is 0 Å². The van der Waals surface area contributed by atoms with Crippen LogP contribution in [0.2, 0.25) is 0 Å². The maximum atomic E-state index is 12.9. The molecule has 1 amide bonds. The second-order valence-electron chi connectivity index (χ2n) is 8.62. The van der Waals surface area contributed by atoms with Crippen LogP contribution in [-0.2, 0) is 22.4 Å². The fourth-order valence-corrected chi connectivity index (χ4v) is 4.14.